The monoisotopic (exact) mass is 387 g/mol. The molecule has 1 aliphatic rings. The number of anilines is 1. The maximum atomic E-state index is 12.6. The molecular formula is C19H15Cl2N3O2. The van der Waals surface area contributed by atoms with Gasteiger partial charge in [-0.15, -0.1) is 0 Å². The highest BCUT2D eigenvalue weighted by Crippen LogP contribution is 2.31. The van der Waals surface area contributed by atoms with Crippen molar-refractivity contribution < 1.29 is 9.53 Å². The highest BCUT2D eigenvalue weighted by atomic mass is 35.5. The van der Waals surface area contributed by atoms with Gasteiger partial charge >= 0.3 is 0 Å². The van der Waals surface area contributed by atoms with Gasteiger partial charge in [0, 0.05) is 22.5 Å². The summed E-state index contributed by atoms with van der Waals surface area (Å²) in [5, 5.41) is 8.48. The van der Waals surface area contributed by atoms with Crippen molar-refractivity contribution in [2.75, 3.05) is 5.32 Å². The van der Waals surface area contributed by atoms with E-state index in [4.69, 9.17) is 27.9 Å². The lowest BCUT2D eigenvalue weighted by atomic mass is 10.1. The third kappa shape index (κ3) is 3.54. The Balaban J connectivity index is 1.44. The van der Waals surface area contributed by atoms with Crippen LogP contribution in [0.4, 0.5) is 5.82 Å². The Morgan fingerprint density at radius 1 is 1.15 bits per heavy atom. The van der Waals surface area contributed by atoms with E-state index in [0.29, 0.717) is 34.6 Å². The Bertz CT molecular complexity index is 954. The lowest BCUT2D eigenvalue weighted by Gasteiger charge is -2.13. The molecule has 0 radical (unpaired) electrons. The fraction of sp³-hybridized carbons (Fsp3) is 0.158. The molecule has 2 heterocycles. The SMILES string of the molecule is O=C(Nc1ccnn1Cc1ccc(Cl)cc1)C1Cc2cc(Cl)ccc2O1. The summed E-state index contributed by atoms with van der Waals surface area (Å²) in [6, 6.07) is 14.6. The van der Waals surface area contributed by atoms with Crippen molar-refractivity contribution in [3.05, 3.63) is 75.9 Å². The first-order chi connectivity index (χ1) is 12.6. The van der Waals surface area contributed by atoms with Crippen LogP contribution in [0.5, 0.6) is 5.75 Å². The quantitative estimate of drug-likeness (QED) is 0.730. The number of hydrogen-bond acceptors (Lipinski definition) is 3. The molecule has 0 bridgehead atoms. The summed E-state index contributed by atoms with van der Waals surface area (Å²) in [6.45, 7) is 0.529. The van der Waals surface area contributed by atoms with Crippen LogP contribution in [-0.2, 0) is 17.8 Å². The van der Waals surface area contributed by atoms with E-state index in [2.05, 4.69) is 10.4 Å². The predicted molar refractivity (Wildman–Crippen MR) is 101 cm³/mol. The number of benzene rings is 2. The van der Waals surface area contributed by atoms with Crippen molar-refractivity contribution in [1.82, 2.24) is 9.78 Å². The van der Waals surface area contributed by atoms with Crippen molar-refractivity contribution in [3.63, 3.8) is 0 Å². The molecule has 3 aromatic rings. The van der Waals surface area contributed by atoms with Crippen LogP contribution in [-0.4, -0.2) is 21.8 Å². The van der Waals surface area contributed by atoms with E-state index in [9.17, 15) is 4.79 Å². The van der Waals surface area contributed by atoms with Crippen molar-refractivity contribution in [2.45, 2.75) is 19.1 Å². The van der Waals surface area contributed by atoms with Crippen LogP contribution in [0.1, 0.15) is 11.1 Å². The van der Waals surface area contributed by atoms with Crippen LogP contribution in [0.2, 0.25) is 10.0 Å². The third-order valence-corrected chi connectivity index (χ3v) is 4.69. The van der Waals surface area contributed by atoms with Gasteiger partial charge in [0.2, 0.25) is 0 Å². The van der Waals surface area contributed by atoms with Gasteiger partial charge in [-0.25, -0.2) is 4.68 Å². The van der Waals surface area contributed by atoms with Crippen molar-refractivity contribution in [2.24, 2.45) is 0 Å². The lowest BCUT2D eigenvalue weighted by molar-refractivity contribution is -0.122. The minimum absolute atomic E-state index is 0.213. The zero-order chi connectivity index (χ0) is 18.1. The molecular weight excluding hydrogens is 373 g/mol. The number of fused-ring (bicyclic) bond motifs is 1. The Morgan fingerprint density at radius 2 is 1.92 bits per heavy atom. The molecule has 1 N–H and O–H groups in total. The number of amides is 1. The van der Waals surface area contributed by atoms with Gasteiger partial charge in [0.15, 0.2) is 6.10 Å². The third-order valence-electron chi connectivity index (χ3n) is 4.20. The highest BCUT2D eigenvalue weighted by Gasteiger charge is 2.29. The van der Waals surface area contributed by atoms with Crippen LogP contribution in [0.15, 0.2) is 54.7 Å². The number of rotatable bonds is 4. The molecule has 0 fully saturated rings. The van der Waals surface area contributed by atoms with Crippen molar-refractivity contribution in [1.29, 1.82) is 0 Å². The highest BCUT2D eigenvalue weighted by molar-refractivity contribution is 6.30. The van der Waals surface area contributed by atoms with E-state index in [0.717, 1.165) is 11.1 Å². The molecule has 1 atom stereocenters. The molecule has 0 aliphatic carbocycles. The van der Waals surface area contributed by atoms with E-state index in [1.807, 2.05) is 30.3 Å². The van der Waals surface area contributed by atoms with E-state index in [1.165, 1.54) is 0 Å². The minimum Gasteiger partial charge on any atom is -0.480 e. The summed E-state index contributed by atoms with van der Waals surface area (Å²) in [4.78, 5) is 12.6. The van der Waals surface area contributed by atoms with E-state index < -0.39 is 6.10 Å². The van der Waals surface area contributed by atoms with Gasteiger partial charge in [0.1, 0.15) is 11.6 Å². The van der Waals surface area contributed by atoms with Gasteiger partial charge < -0.3 is 10.1 Å². The maximum absolute atomic E-state index is 12.6. The first-order valence-corrected chi connectivity index (χ1v) is 8.86. The van der Waals surface area contributed by atoms with Gasteiger partial charge in [0.05, 0.1) is 12.7 Å². The standard InChI is InChI=1S/C19H15Cl2N3O2/c20-14-3-1-12(2-4-14)11-24-18(7-8-22-24)23-19(25)17-10-13-9-15(21)5-6-16(13)26-17/h1-9,17H,10-11H2,(H,23,25). The second kappa shape index (κ2) is 7.02. The molecule has 1 aromatic heterocycles. The average Bonchev–Trinajstić information content (AvgIpc) is 3.23. The van der Waals surface area contributed by atoms with Crippen molar-refractivity contribution >= 4 is 34.9 Å². The number of ether oxygens (including phenoxy) is 1. The second-order valence-corrected chi connectivity index (χ2v) is 6.93. The summed E-state index contributed by atoms with van der Waals surface area (Å²) in [7, 11) is 0. The number of hydrogen-bond donors (Lipinski definition) is 1. The fourth-order valence-electron chi connectivity index (χ4n) is 2.90. The number of nitrogens with zero attached hydrogens (tertiary/aromatic N) is 2. The Morgan fingerprint density at radius 3 is 2.73 bits per heavy atom. The number of nitrogens with one attached hydrogen (secondary N) is 1. The van der Waals surface area contributed by atoms with Crippen LogP contribution in [0, 0.1) is 0 Å². The van der Waals surface area contributed by atoms with Crippen LogP contribution < -0.4 is 10.1 Å². The summed E-state index contributed by atoms with van der Waals surface area (Å²) >= 11 is 11.9. The smallest absolute Gasteiger partial charge is 0.266 e. The van der Waals surface area contributed by atoms with Gasteiger partial charge in [-0.2, -0.15) is 5.10 Å². The molecule has 4 rings (SSSR count). The number of halogens is 2. The molecule has 5 nitrogen and oxygen atoms in total. The molecule has 132 valence electrons. The Labute approximate surface area is 160 Å². The first kappa shape index (κ1) is 16.9. The topological polar surface area (TPSA) is 56.2 Å². The summed E-state index contributed by atoms with van der Waals surface area (Å²) in [6.07, 6.45) is 1.56. The van der Waals surface area contributed by atoms with Gasteiger partial charge in [-0.1, -0.05) is 35.3 Å². The number of carbonyl (C=O) groups excluding carboxylic acids is 1. The zero-order valence-electron chi connectivity index (χ0n) is 13.7. The average molecular weight is 388 g/mol. The molecule has 0 spiro atoms. The lowest BCUT2D eigenvalue weighted by Crippen LogP contribution is -2.32. The summed E-state index contributed by atoms with van der Waals surface area (Å²) in [5.74, 6) is 1.10. The van der Waals surface area contributed by atoms with Crippen LogP contribution in [0.3, 0.4) is 0 Å². The number of aromatic nitrogens is 2. The number of carbonyl (C=O) groups is 1. The first-order valence-electron chi connectivity index (χ1n) is 8.11. The minimum atomic E-state index is -0.581. The fourth-order valence-corrected chi connectivity index (χ4v) is 3.22. The Hall–Kier alpha value is -2.50. The normalized spacial score (nSPS) is 15.4. The molecule has 0 saturated carbocycles. The van der Waals surface area contributed by atoms with Crippen LogP contribution in [0.25, 0.3) is 0 Å². The summed E-state index contributed by atoms with van der Waals surface area (Å²) < 4.78 is 7.45. The van der Waals surface area contributed by atoms with Crippen LogP contribution >= 0.6 is 23.2 Å². The van der Waals surface area contributed by atoms with E-state index in [1.54, 1.807) is 29.1 Å². The molecule has 1 amide bonds. The maximum Gasteiger partial charge on any atom is 0.266 e. The molecule has 2 aromatic carbocycles. The van der Waals surface area contributed by atoms with Crippen molar-refractivity contribution in [3.8, 4) is 5.75 Å². The second-order valence-electron chi connectivity index (χ2n) is 6.05. The van der Waals surface area contributed by atoms with E-state index >= 15 is 0 Å². The summed E-state index contributed by atoms with van der Waals surface area (Å²) in [5.41, 5.74) is 1.97. The molecule has 1 unspecified atom stereocenters. The molecule has 7 heteroatoms. The molecule has 1 aliphatic heterocycles. The Kier molecular flexibility index (Phi) is 4.57. The predicted octanol–water partition coefficient (Wildman–Crippen LogP) is 4.18. The van der Waals surface area contributed by atoms with E-state index in [-0.39, 0.29) is 5.91 Å². The van der Waals surface area contributed by atoms with Gasteiger partial charge in [-0.05, 0) is 41.5 Å². The van der Waals surface area contributed by atoms with Gasteiger partial charge in [-0.3, -0.25) is 4.79 Å². The largest absolute Gasteiger partial charge is 0.480 e. The zero-order valence-corrected chi connectivity index (χ0v) is 15.2. The molecule has 26 heavy (non-hydrogen) atoms. The van der Waals surface area contributed by atoms with Gasteiger partial charge in [0.25, 0.3) is 5.91 Å². The molecule has 0 saturated heterocycles.